The van der Waals surface area contributed by atoms with E-state index in [0.29, 0.717) is 12.2 Å². The molecule has 0 aliphatic heterocycles. The highest BCUT2D eigenvalue weighted by atomic mass is 32.2. The van der Waals surface area contributed by atoms with Crippen molar-refractivity contribution in [3.63, 3.8) is 0 Å². The van der Waals surface area contributed by atoms with Gasteiger partial charge in [0.15, 0.2) is 0 Å². The Morgan fingerprint density at radius 1 is 0.909 bits per heavy atom. The average molecular weight is 466 g/mol. The quantitative estimate of drug-likeness (QED) is 0.424. The summed E-state index contributed by atoms with van der Waals surface area (Å²) in [6.45, 7) is 7.93. The zero-order valence-corrected chi connectivity index (χ0v) is 20.2. The van der Waals surface area contributed by atoms with Gasteiger partial charge in [-0.15, -0.1) is 0 Å². The molecule has 0 saturated carbocycles. The van der Waals surface area contributed by atoms with Gasteiger partial charge in [-0.05, 0) is 57.0 Å². The molecular weight excluding hydrogens is 434 g/mol. The van der Waals surface area contributed by atoms with Crippen molar-refractivity contribution >= 4 is 21.6 Å². The number of nitrogens with one attached hydrogen (secondary N) is 3. The minimum Gasteiger partial charge on any atom is -0.381 e. The Hall–Kier alpha value is -3.16. The van der Waals surface area contributed by atoms with Gasteiger partial charge >= 0.3 is 0 Å². The second-order valence-electron chi connectivity index (χ2n) is 8.47. The predicted molar refractivity (Wildman–Crippen MR) is 133 cm³/mol. The van der Waals surface area contributed by atoms with Crippen molar-refractivity contribution < 1.29 is 13.2 Å². The summed E-state index contributed by atoms with van der Waals surface area (Å²) >= 11 is 0. The third kappa shape index (κ3) is 6.91. The van der Waals surface area contributed by atoms with Gasteiger partial charge < -0.3 is 10.6 Å². The van der Waals surface area contributed by atoms with Crippen LogP contribution in [0.5, 0.6) is 0 Å². The molecule has 3 aromatic rings. The zero-order chi connectivity index (χ0) is 24.0. The SMILES string of the molecule is Cc1ccc(CNc2cc(C(=O)N[C@@H](C)c3ccccc3)cc(S(=O)(=O)NC(C)C)c2)cc1. The number of amides is 1. The van der Waals surface area contributed by atoms with E-state index in [-0.39, 0.29) is 28.4 Å². The van der Waals surface area contributed by atoms with Gasteiger partial charge in [0.25, 0.3) is 5.91 Å². The topological polar surface area (TPSA) is 87.3 Å². The maximum Gasteiger partial charge on any atom is 0.251 e. The van der Waals surface area contributed by atoms with Crippen molar-refractivity contribution in [3.05, 3.63) is 95.1 Å². The van der Waals surface area contributed by atoms with Crippen LogP contribution in [-0.4, -0.2) is 20.4 Å². The van der Waals surface area contributed by atoms with Crippen LogP contribution in [0.25, 0.3) is 0 Å². The number of benzene rings is 3. The molecule has 1 atom stereocenters. The van der Waals surface area contributed by atoms with E-state index in [9.17, 15) is 13.2 Å². The molecule has 3 N–H and O–H groups in total. The highest BCUT2D eigenvalue weighted by molar-refractivity contribution is 7.89. The number of carbonyl (C=O) groups excluding carboxylic acids is 1. The fraction of sp³-hybridized carbons (Fsp3) is 0.269. The fourth-order valence-electron chi connectivity index (χ4n) is 3.38. The van der Waals surface area contributed by atoms with Crippen LogP contribution in [0.4, 0.5) is 5.69 Å². The lowest BCUT2D eigenvalue weighted by Gasteiger charge is -2.17. The Morgan fingerprint density at radius 2 is 1.58 bits per heavy atom. The number of anilines is 1. The summed E-state index contributed by atoms with van der Waals surface area (Å²) in [5, 5.41) is 6.21. The molecule has 0 aliphatic rings. The summed E-state index contributed by atoms with van der Waals surface area (Å²) in [6.07, 6.45) is 0. The first-order valence-corrected chi connectivity index (χ1v) is 12.4. The van der Waals surface area contributed by atoms with Gasteiger partial charge in [-0.25, -0.2) is 13.1 Å². The Morgan fingerprint density at radius 3 is 2.21 bits per heavy atom. The summed E-state index contributed by atoms with van der Waals surface area (Å²) in [7, 11) is -3.78. The van der Waals surface area contributed by atoms with E-state index in [1.165, 1.54) is 6.07 Å². The molecule has 174 valence electrons. The van der Waals surface area contributed by atoms with Crippen molar-refractivity contribution in [1.29, 1.82) is 0 Å². The van der Waals surface area contributed by atoms with Crippen LogP contribution in [0.1, 0.15) is 53.9 Å². The predicted octanol–water partition coefficient (Wildman–Crippen LogP) is 4.78. The first-order chi connectivity index (χ1) is 15.6. The van der Waals surface area contributed by atoms with Crippen molar-refractivity contribution in [2.75, 3.05) is 5.32 Å². The van der Waals surface area contributed by atoms with Gasteiger partial charge in [0.2, 0.25) is 10.0 Å². The van der Waals surface area contributed by atoms with E-state index >= 15 is 0 Å². The molecular formula is C26H31N3O3S. The van der Waals surface area contributed by atoms with Gasteiger partial charge in [-0.3, -0.25) is 4.79 Å². The van der Waals surface area contributed by atoms with Crippen LogP contribution in [0, 0.1) is 6.92 Å². The van der Waals surface area contributed by atoms with Gasteiger partial charge in [0.05, 0.1) is 10.9 Å². The molecule has 0 heterocycles. The van der Waals surface area contributed by atoms with Gasteiger partial charge in [0.1, 0.15) is 0 Å². The smallest absolute Gasteiger partial charge is 0.251 e. The van der Waals surface area contributed by atoms with Crippen LogP contribution in [0.15, 0.2) is 77.7 Å². The van der Waals surface area contributed by atoms with Crippen LogP contribution in [-0.2, 0) is 16.6 Å². The van der Waals surface area contributed by atoms with Gasteiger partial charge in [-0.2, -0.15) is 0 Å². The molecule has 0 bridgehead atoms. The van der Waals surface area contributed by atoms with Crippen molar-refractivity contribution in [2.45, 2.75) is 51.2 Å². The van der Waals surface area contributed by atoms with E-state index in [2.05, 4.69) is 15.4 Å². The Labute approximate surface area is 196 Å². The van der Waals surface area contributed by atoms with E-state index in [1.54, 1.807) is 26.0 Å². The molecule has 0 spiro atoms. The summed E-state index contributed by atoms with van der Waals surface area (Å²) in [5.41, 5.74) is 4.01. The largest absolute Gasteiger partial charge is 0.381 e. The monoisotopic (exact) mass is 465 g/mol. The minimum atomic E-state index is -3.78. The van der Waals surface area contributed by atoms with E-state index in [4.69, 9.17) is 0 Å². The van der Waals surface area contributed by atoms with Gasteiger partial charge in [-0.1, -0.05) is 60.2 Å². The lowest BCUT2D eigenvalue weighted by Crippen LogP contribution is -2.31. The first-order valence-electron chi connectivity index (χ1n) is 11.0. The van der Waals surface area contributed by atoms with E-state index < -0.39 is 10.0 Å². The van der Waals surface area contributed by atoms with Crippen LogP contribution >= 0.6 is 0 Å². The second kappa shape index (κ2) is 10.6. The number of hydrogen-bond donors (Lipinski definition) is 3. The summed E-state index contributed by atoms with van der Waals surface area (Å²) in [5.74, 6) is -0.341. The molecule has 0 radical (unpaired) electrons. The van der Waals surface area contributed by atoms with Crippen LogP contribution in [0.3, 0.4) is 0 Å². The zero-order valence-electron chi connectivity index (χ0n) is 19.4. The highest BCUT2D eigenvalue weighted by Crippen LogP contribution is 2.22. The highest BCUT2D eigenvalue weighted by Gasteiger charge is 2.20. The molecule has 3 aromatic carbocycles. The number of carbonyl (C=O) groups is 1. The maximum absolute atomic E-state index is 13.0. The van der Waals surface area contributed by atoms with Crippen molar-refractivity contribution in [1.82, 2.24) is 10.0 Å². The molecule has 0 fully saturated rings. The van der Waals surface area contributed by atoms with Crippen molar-refractivity contribution in [3.8, 4) is 0 Å². The molecule has 3 rings (SSSR count). The molecule has 6 nitrogen and oxygen atoms in total. The number of sulfonamides is 1. The molecule has 7 heteroatoms. The number of aryl methyl sites for hydroxylation is 1. The standard InChI is InChI=1S/C26H31N3O3S/c1-18(2)29-33(31,32)25-15-23(26(30)28-20(4)22-8-6-5-7-9-22)14-24(16-25)27-17-21-12-10-19(3)11-13-21/h5-16,18,20,27,29H,17H2,1-4H3,(H,28,30)/t20-/m0/s1. The Balaban J connectivity index is 1.89. The summed E-state index contributed by atoms with van der Waals surface area (Å²) in [6, 6.07) is 21.8. The Bertz CT molecular complexity index is 1190. The lowest BCUT2D eigenvalue weighted by molar-refractivity contribution is 0.0939. The summed E-state index contributed by atoms with van der Waals surface area (Å²) in [4.78, 5) is 13.1. The Kier molecular flexibility index (Phi) is 7.89. The van der Waals surface area contributed by atoms with Crippen molar-refractivity contribution in [2.24, 2.45) is 0 Å². The molecule has 0 unspecified atom stereocenters. The molecule has 0 aromatic heterocycles. The molecule has 33 heavy (non-hydrogen) atoms. The minimum absolute atomic E-state index is 0.0441. The summed E-state index contributed by atoms with van der Waals surface area (Å²) < 4.78 is 28.3. The molecule has 1 amide bonds. The van der Waals surface area contributed by atoms with Crippen LogP contribution < -0.4 is 15.4 Å². The average Bonchev–Trinajstić information content (AvgIpc) is 2.78. The third-order valence-electron chi connectivity index (χ3n) is 5.13. The van der Waals surface area contributed by atoms with E-state index in [0.717, 1.165) is 16.7 Å². The normalized spacial score (nSPS) is 12.4. The number of rotatable bonds is 9. The first kappa shape index (κ1) is 24.5. The van der Waals surface area contributed by atoms with E-state index in [1.807, 2.05) is 68.4 Å². The lowest BCUT2D eigenvalue weighted by atomic mass is 10.1. The number of hydrogen-bond acceptors (Lipinski definition) is 4. The third-order valence-corrected chi connectivity index (χ3v) is 6.77. The maximum atomic E-state index is 13.0. The molecule has 0 saturated heterocycles. The second-order valence-corrected chi connectivity index (χ2v) is 10.2. The van der Waals surface area contributed by atoms with Crippen LogP contribution in [0.2, 0.25) is 0 Å². The molecule has 0 aliphatic carbocycles. The van der Waals surface area contributed by atoms with Gasteiger partial charge in [0, 0.05) is 23.8 Å². The fourth-order valence-corrected chi connectivity index (χ4v) is 4.70.